The number of nitrogens with zero attached hydrogens (tertiary/aromatic N) is 3. The van der Waals surface area contributed by atoms with Gasteiger partial charge in [-0.2, -0.15) is 0 Å². The van der Waals surface area contributed by atoms with E-state index in [4.69, 9.17) is 4.74 Å². The first kappa shape index (κ1) is 20.1. The highest BCUT2D eigenvalue weighted by molar-refractivity contribution is 5.95. The van der Waals surface area contributed by atoms with Crippen LogP contribution in [0.15, 0.2) is 18.2 Å². The topological polar surface area (TPSA) is 53.1 Å². The van der Waals surface area contributed by atoms with Crippen LogP contribution in [-0.4, -0.2) is 68.5 Å². The number of amides is 2. The molecule has 0 radical (unpaired) electrons. The average molecular weight is 361 g/mol. The van der Waals surface area contributed by atoms with Gasteiger partial charge in [0, 0.05) is 39.8 Å². The molecule has 0 aromatic heterocycles. The minimum atomic E-state index is -0.0449. The molecule has 0 saturated carbocycles. The molecule has 0 spiro atoms. The molecule has 0 aliphatic carbocycles. The zero-order valence-corrected chi connectivity index (χ0v) is 16.6. The third-order valence-electron chi connectivity index (χ3n) is 4.72. The Bertz CT molecular complexity index is 639. The third-order valence-corrected chi connectivity index (χ3v) is 4.72. The Balaban J connectivity index is 2.15. The molecule has 0 fully saturated rings. The Morgan fingerprint density at radius 3 is 2.42 bits per heavy atom. The zero-order valence-electron chi connectivity index (χ0n) is 16.6. The number of carbonyl (C=O) groups is 2. The summed E-state index contributed by atoms with van der Waals surface area (Å²) in [5.41, 5.74) is 1.48. The van der Waals surface area contributed by atoms with Gasteiger partial charge >= 0.3 is 0 Å². The molecular formula is C20H31N3O3. The highest BCUT2D eigenvalue weighted by atomic mass is 16.5. The molecule has 0 bridgehead atoms. The number of fused-ring (bicyclic) bond motifs is 1. The summed E-state index contributed by atoms with van der Waals surface area (Å²) in [6, 6.07) is 5.44. The van der Waals surface area contributed by atoms with Gasteiger partial charge in [0.2, 0.25) is 5.91 Å². The molecule has 1 aliphatic rings. The molecule has 6 nitrogen and oxygen atoms in total. The second-order valence-electron chi connectivity index (χ2n) is 7.04. The van der Waals surface area contributed by atoms with Crippen LogP contribution in [0.25, 0.3) is 0 Å². The molecular weight excluding hydrogens is 330 g/mol. The van der Waals surface area contributed by atoms with Crippen molar-refractivity contribution < 1.29 is 14.3 Å². The molecule has 1 heterocycles. The monoisotopic (exact) mass is 361 g/mol. The lowest BCUT2D eigenvalue weighted by atomic mass is 10.1. The molecule has 6 heteroatoms. The van der Waals surface area contributed by atoms with Gasteiger partial charge in [0.25, 0.3) is 5.91 Å². The molecule has 26 heavy (non-hydrogen) atoms. The molecule has 144 valence electrons. The number of benzene rings is 1. The molecule has 2 rings (SSSR count). The molecule has 2 amide bonds. The summed E-state index contributed by atoms with van der Waals surface area (Å²) in [6.45, 7) is 6.24. The fourth-order valence-electron chi connectivity index (χ4n) is 3.23. The van der Waals surface area contributed by atoms with Crippen LogP contribution in [0.1, 0.15) is 43.5 Å². The first-order valence-corrected chi connectivity index (χ1v) is 9.38. The molecule has 1 aromatic rings. The second-order valence-corrected chi connectivity index (χ2v) is 7.04. The number of rotatable bonds is 7. The summed E-state index contributed by atoms with van der Waals surface area (Å²) in [6.07, 6.45) is 2.34. The number of hydrogen-bond donors (Lipinski definition) is 0. The van der Waals surface area contributed by atoms with Gasteiger partial charge in [0.15, 0.2) is 0 Å². The van der Waals surface area contributed by atoms with Gasteiger partial charge in [-0.05, 0) is 31.0 Å². The lowest BCUT2D eigenvalue weighted by Gasteiger charge is -2.36. The Kier molecular flexibility index (Phi) is 6.89. The van der Waals surface area contributed by atoms with E-state index < -0.39 is 0 Å². The van der Waals surface area contributed by atoms with Crippen molar-refractivity contribution in [2.75, 3.05) is 45.7 Å². The van der Waals surface area contributed by atoms with Crippen molar-refractivity contribution >= 4 is 17.5 Å². The number of anilines is 1. The van der Waals surface area contributed by atoms with Crippen LogP contribution in [0.2, 0.25) is 0 Å². The SMILES string of the molecule is CCCN(CCC)C(=O)C[C@H]1COc2ccc(C(=O)N(C)C)cc2N1C. The van der Waals surface area contributed by atoms with Gasteiger partial charge in [0.05, 0.1) is 18.2 Å². The minimum absolute atomic E-state index is 0.0316. The standard InChI is InChI=1S/C20H31N3O3/c1-6-10-23(11-7-2)19(24)13-16-14-26-18-9-8-15(20(25)21(3)4)12-17(18)22(16)5/h8-9,12,16H,6-7,10-11,13-14H2,1-5H3/t16-/m0/s1. The van der Waals surface area contributed by atoms with Crippen molar-refractivity contribution in [2.24, 2.45) is 0 Å². The van der Waals surface area contributed by atoms with Gasteiger partial charge in [-0.3, -0.25) is 9.59 Å². The zero-order chi connectivity index (χ0) is 19.3. The predicted octanol–water partition coefficient (Wildman–Crippen LogP) is 2.62. The van der Waals surface area contributed by atoms with E-state index in [0.29, 0.717) is 18.6 Å². The molecule has 0 saturated heterocycles. The smallest absolute Gasteiger partial charge is 0.253 e. The van der Waals surface area contributed by atoms with Gasteiger partial charge < -0.3 is 19.4 Å². The summed E-state index contributed by atoms with van der Waals surface area (Å²) in [5, 5.41) is 0. The lowest BCUT2D eigenvalue weighted by Crippen LogP contribution is -2.45. The van der Waals surface area contributed by atoms with Crippen LogP contribution in [0.5, 0.6) is 5.75 Å². The second kappa shape index (κ2) is 8.92. The Morgan fingerprint density at radius 2 is 1.85 bits per heavy atom. The van der Waals surface area contributed by atoms with Gasteiger partial charge in [-0.15, -0.1) is 0 Å². The molecule has 1 aliphatic heterocycles. The summed E-state index contributed by atoms with van der Waals surface area (Å²) >= 11 is 0. The van der Waals surface area contributed by atoms with Crippen molar-refractivity contribution in [3.63, 3.8) is 0 Å². The normalized spacial score (nSPS) is 15.9. The third kappa shape index (κ3) is 4.48. The summed E-state index contributed by atoms with van der Waals surface area (Å²) in [7, 11) is 5.44. The van der Waals surface area contributed by atoms with E-state index in [0.717, 1.165) is 37.4 Å². The van der Waals surface area contributed by atoms with Crippen LogP contribution in [-0.2, 0) is 4.79 Å². The van der Waals surface area contributed by atoms with Crippen LogP contribution < -0.4 is 9.64 Å². The number of carbonyl (C=O) groups excluding carboxylic acids is 2. The highest BCUT2D eigenvalue weighted by Crippen LogP contribution is 2.34. The maximum Gasteiger partial charge on any atom is 0.253 e. The summed E-state index contributed by atoms with van der Waals surface area (Å²) < 4.78 is 5.86. The number of ether oxygens (including phenoxy) is 1. The van der Waals surface area contributed by atoms with Gasteiger partial charge in [-0.1, -0.05) is 13.8 Å². The highest BCUT2D eigenvalue weighted by Gasteiger charge is 2.29. The van der Waals surface area contributed by atoms with Crippen molar-refractivity contribution in [2.45, 2.75) is 39.2 Å². The summed E-state index contributed by atoms with van der Waals surface area (Å²) in [5.74, 6) is 0.875. The van der Waals surface area contributed by atoms with E-state index in [1.54, 1.807) is 25.1 Å². The quantitative estimate of drug-likeness (QED) is 0.749. The Hall–Kier alpha value is -2.24. The Labute approximate surface area is 156 Å². The van der Waals surface area contributed by atoms with Crippen LogP contribution in [0, 0.1) is 0 Å². The van der Waals surface area contributed by atoms with Crippen molar-refractivity contribution in [3.05, 3.63) is 23.8 Å². The fraction of sp³-hybridized carbons (Fsp3) is 0.600. The molecule has 0 N–H and O–H groups in total. The van der Waals surface area contributed by atoms with E-state index in [9.17, 15) is 9.59 Å². The van der Waals surface area contributed by atoms with Gasteiger partial charge in [-0.25, -0.2) is 0 Å². The lowest BCUT2D eigenvalue weighted by molar-refractivity contribution is -0.131. The van der Waals surface area contributed by atoms with E-state index >= 15 is 0 Å². The molecule has 1 atom stereocenters. The van der Waals surface area contributed by atoms with E-state index in [-0.39, 0.29) is 17.9 Å². The van der Waals surface area contributed by atoms with Crippen LogP contribution in [0.3, 0.4) is 0 Å². The fourth-order valence-corrected chi connectivity index (χ4v) is 3.23. The molecule has 0 unspecified atom stereocenters. The first-order valence-electron chi connectivity index (χ1n) is 9.38. The van der Waals surface area contributed by atoms with Crippen LogP contribution in [0.4, 0.5) is 5.69 Å². The van der Waals surface area contributed by atoms with Crippen molar-refractivity contribution in [1.82, 2.24) is 9.80 Å². The minimum Gasteiger partial charge on any atom is -0.489 e. The largest absolute Gasteiger partial charge is 0.489 e. The van der Waals surface area contributed by atoms with Gasteiger partial charge in [0.1, 0.15) is 12.4 Å². The van der Waals surface area contributed by atoms with Crippen molar-refractivity contribution in [3.8, 4) is 5.75 Å². The number of likely N-dealkylation sites (N-methyl/N-ethyl adjacent to an activating group) is 1. The summed E-state index contributed by atoms with van der Waals surface area (Å²) in [4.78, 5) is 30.5. The maximum absolute atomic E-state index is 12.7. The maximum atomic E-state index is 12.7. The Morgan fingerprint density at radius 1 is 1.19 bits per heavy atom. The predicted molar refractivity (Wildman–Crippen MR) is 104 cm³/mol. The van der Waals surface area contributed by atoms with E-state index in [1.807, 2.05) is 24.1 Å². The number of hydrogen-bond acceptors (Lipinski definition) is 4. The molecule has 1 aromatic carbocycles. The first-order chi connectivity index (χ1) is 12.4. The van der Waals surface area contributed by atoms with E-state index in [2.05, 4.69) is 18.7 Å². The van der Waals surface area contributed by atoms with Crippen molar-refractivity contribution in [1.29, 1.82) is 0 Å². The van der Waals surface area contributed by atoms with E-state index in [1.165, 1.54) is 0 Å². The average Bonchev–Trinajstić information content (AvgIpc) is 2.62. The van der Waals surface area contributed by atoms with Crippen LogP contribution >= 0.6 is 0 Å².